The van der Waals surface area contributed by atoms with Gasteiger partial charge in [0.05, 0.1) is 11.4 Å². The number of aromatic nitrogens is 1. The van der Waals surface area contributed by atoms with Crippen molar-refractivity contribution in [3.05, 3.63) is 83.7 Å². The molecule has 1 aromatic carbocycles. The largest absolute Gasteiger partial charge is 0.294 e. The molecule has 20 heavy (non-hydrogen) atoms. The molecule has 1 aromatic heterocycles. The van der Waals surface area contributed by atoms with Crippen molar-refractivity contribution >= 4 is 17.6 Å². The van der Waals surface area contributed by atoms with Gasteiger partial charge < -0.3 is 0 Å². The Morgan fingerprint density at radius 3 is 2.80 bits per heavy atom. The molecule has 2 heterocycles. The fourth-order valence-corrected chi connectivity index (χ4v) is 2.78. The minimum Gasteiger partial charge on any atom is -0.294 e. The Hall–Kier alpha value is -2.61. The number of fused-ring (bicyclic) bond motifs is 2. The Morgan fingerprint density at radius 1 is 1.00 bits per heavy atom. The average Bonchev–Trinajstić information content (AvgIpc) is 2.53. The third kappa shape index (κ3) is 1.69. The van der Waals surface area contributed by atoms with Crippen LogP contribution in [0, 0.1) is 0 Å². The molecule has 2 aromatic rings. The highest BCUT2D eigenvalue weighted by Gasteiger charge is 2.25. The van der Waals surface area contributed by atoms with Gasteiger partial charge in [-0.1, -0.05) is 36.4 Å². The van der Waals surface area contributed by atoms with Gasteiger partial charge in [0.2, 0.25) is 0 Å². The van der Waals surface area contributed by atoms with Crippen LogP contribution >= 0.6 is 0 Å². The van der Waals surface area contributed by atoms with Crippen molar-refractivity contribution < 1.29 is 0 Å². The van der Waals surface area contributed by atoms with Crippen molar-refractivity contribution in [2.24, 2.45) is 0 Å². The number of pyridine rings is 1. The Morgan fingerprint density at radius 2 is 1.90 bits per heavy atom. The Kier molecular flexibility index (Phi) is 2.52. The number of nitrogens with zero attached hydrogens (tertiary/aromatic N) is 2. The number of para-hydroxylation sites is 1. The van der Waals surface area contributed by atoms with Crippen LogP contribution in [0.1, 0.15) is 12.0 Å². The molecule has 2 aliphatic rings. The van der Waals surface area contributed by atoms with Crippen molar-refractivity contribution in [3.8, 4) is 0 Å². The van der Waals surface area contributed by atoms with Crippen LogP contribution in [0.15, 0.2) is 78.2 Å². The summed E-state index contributed by atoms with van der Waals surface area (Å²) in [6, 6.07) is 14.5. The van der Waals surface area contributed by atoms with Gasteiger partial charge in [0.15, 0.2) is 0 Å². The predicted molar refractivity (Wildman–Crippen MR) is 82.6 cm³/mol. The predicted octanol–water partition coefficient (Wildman–Crippen LogP) is 4.46. The first-order valence-electron chi connectivity index (χ1n) is 6.81. The van der Waals surface area contributed by atoms with E-state index in [2.05, 4.69) is 64.5 Å². The van der Waals surface area contributed by atoms with Gasteiger partial charge in [-0.3, -0.25) is 4.90 Å². The van der Waals surface area contributed by atoms with Gasteiger partial charge in [-0.25, -0.2) is 4.98 Å². The summed E-state index contributed by atoms with van der Waals surface area (Å²) < 4.78 is 0. The normalized spacial score (nSPS) is 16.1. The van der Waals surface area contributed by atoms with E-state index < -0.39 is 0 Å². The van der Waals surface area contributed by atoms with E-state index in [1.54, 1.807) is 0 Å². The zero-order valence-corrected chi connectivity index (χ0v) is 11.0. The highest BCUT2D eigenvalue weighted by atomic mass is 15.2. The summed E-state index contributed by atoms with van der Waals surface area (Å²) in [5.74, 6) is 0.965. The molecule has 4 rings (SSSR count). The second-order valence-corrected chi connectivity index (χ2v) is 4.94. The van der Waals surface area contributed by atoms with E-state index in [9.17, 15) is 0 Å². The summed E-state index contributed by atoms with van der Waals surface area (Å²) in [6.07, 6.45) is 11.6. The van der Waals surface area contributed by atoms with Crippen LogP contribution in [-0.2, 0) is 0 Å². The number of benzene rings is 1. The molecule has 0 bridgehead atoms. The third-order valence-electron chi connectivity index (χ3n) is 3.68. The van der Waals surface area contributed by atoms with Crippen LogP contribution in [0.25, 0.3) is 6.08 Å². The van der Waals surface area contributed by atoms with Gasteiger partial charge in [-0.05, 0) is 47.9 Å². The lowest BCUT2D eigenvalue weighted by molar-refractivity contribution is 1.05. The summed E-state index contributed by atoms with van der Waals surface area (Å²) >= 11 is 0. The quantitative estimate of drug-likeness (QED) is 0.750. The summed E-state index contributed by atoms with van der Waals surface area (Å²) in [4.78, 5) is 6.77. The average molecular weight is 258 g/mol. The van der Waals surface area contributed by atoms with Crippen molar-refractivity contribution in [3.63, 3.8) is 0 Å². The lowest BCUT2D eigenvalue weighted by atomic mass is 9.94. The first-order chi connectivity index (χ1) is 9.93. The molecule has 0 fully saturated rings. The second-order valence-electron chi connectivity index (χ2n) is 4.94. The fourth-order valence-electron chi connectivity index (χ4n) is 2.78. The molecule has 0 spiro atoms. The van der Waals surface area contributed by atoms with Crippen molar-refractivity contribution in [1.82, 2.24) is 4.98 Å². The number of allylic oxidation sites excluding steroid dienone is 4. The van der Waals surface area contributed by atoms with Gasteiger partial charge in [0.25, 0.3) is 0 Å². The summed E-state index contributed by atoms with van der Waals surface area (Å²) in [7, 11) is 0. The maximum Gasteiger partial charge on any atom is 0.137 e. The van der Waals surface area contributed by atoms with E-state index in [0.29, 0.717) is 0 Å². The molecule has 2 heteroatoms. The Balaban J connectivity index is 1.97. The SMILES string of the molecule is C1=CCC2=Cc3ccccc3N(c3ccccn3)C2=C1. The van der Waals surface area contributed by atoms with Crippen molar-refractivity contribution in [1.29, 1.82) is 0 Å². The molecule has 2 nitrogen and oxygen atoms in total. The summed E-state index contributed by atoms with van der Waals surface area (Å²) in [5, 5.41) is 0. The lowest BCUT2D eigenvalue weighted by Crippen LogP contribution is -2.23. The van der Waals surface area contributed by atoms with Crippen molar-refractivity contribution in [2.75, 3.05) is 4.90 Å². The Labute approximate surface area is 118 Å². The van der Waals surface area contributed by atoms with Crippen LogP contribution in [0.5, 0.6) is 0 Å². The molecule has 0 N–H and O–H groups in total. The molecular formula is C18H14N2. The summed E-state index contributed by atoms with van der Waals surface area (Å²) in [6.45, 7) is 0. The number of hydrogen-bond donors (Lipinski definition) is 0. The monoisotopic (exact) mass is 258 g/mol. The Bertz CT molecular complexity index is 739. The van der Waals surface area contributed by atoms with E-state index >= 15 is 0 Å². The molecule has 0 amide bonds. The second kappa shape index (κ2) is 4.49. The van der Waals surface area contributed by atoms with Crippen LogP contribution in [0.2, 0.25) is 0 Å². The highest BCUT2D eigenvalue weighted by molar-refractivity contribution is 5.85. The van der Waals surface area contributed by atoms with Gasteiger partial charge in [0.1, 0.15) is 5.82 Å². The summed E-state index contributed by atoms with van der Waals surface area (Å²) in [5.41, 5.74) is 5.01. The van der Waals surface area contributed by atoms with Gasteiger partial charge >= 0.3 is 0 Å². The molecule has 0 saturated heterocycles. The maximum atomic E-state index is 4.53. The van der Waals surface area contributed by atoms with E-state index in [-0.39, 0.29) is 0 Å². The minimum atomic E-state index is 0.965. The topological polar surface area (TPSA) is 16.1 Å². The van der Waals surface area contributed by atoms with Gasteiger partial charge in [-0.15, -0.1) is 0 Å². The van der Waals surface area contributed by atoms with Gasteiger partial charge in [0, 0.05) is 6.20 Å². The van der Waals surface area contributed by atoms with E-state index in [1.807, 2.05) is 18.3 Å². The van der Waals surface area contributed by atoms with Crippen LogP contribution in [0.4, 0.5) is 11.5 Å². The van der Waals surface area contributed by atoms with Crippen LogP contribution < -0.4 is 4.90 Å². The highest BCUT2D eigenvalue weighted by Crippen LogP contribution is 2.41. The molecule has 1 aliphatic heterocycles. The van der Waals surface area contributed by atoms with Crippen LogP contribution in [0.3, 0.4) is 0 Å². The smallest absolute Gasteiger partial charge is 0.137 e. The molecule has 0 atom stereocenters. The fraction of sp³-hybridized carbons (Fsp3) is 0.0556. The van der Waals surface area contributed by atoms with E-state index in [1.165, 1.54) is 22.5 Å². The van der Waals surface area contributed by atoms with Crippen molar-refractivity contribution in [2.45, 2.75) is 6.42 Å². The standard InChI is InChI=1S/C18H14N2/c1-3-9-16-14(7-1)13-15-8-2-4-10-17(15)20(16)18-11-5-6-12-19-18/h1-7,9-13H,8H2. The first-order valence-corrected chi connectivity index (χ1v) is 6.81. The molecule has 96 valence electrons. The van der Waals surface area contributed by atoms with E-state index in [4.69, 9.17) is 0 Å². The number of hydrogen-bond acceptors (Lipinski definition) is 2. The molecule has 0 unspecified atom stereocenters. The molecular weight excluding hydrogens is 244 g/mol. The lowest BCUT2D eigenvalue weighted by Gasteiger charge is -2.33. The molecule has 0 saturated carbocycles. The first kappa shape index (κ1) is 11.2. The minimum absolute atomic E-state index is 0.965. The van der Waals surface area contributed by atoms with Gasteiger partial charge in [-0.2, -0.15) is 0 Å². The van der Waals surface area contributed by atoms with E-state index in [0.717, 1.165) is 12.2 Å². The zero-order valence-electron chi connectivity index (χ0n) is 11.0. The molecule has 1 aliphatic carbocycles. The third-order valence-corrected chi connectivity index (χ3v) is 3.68. The molecule has 0 radical (unpaired) electrons. The number of anilines is 2. The number of rotatable bonds is 1. The van der Waals surface area contributed by atoms with Crippen LogP contribution in [-0.4, -0.2) is 4.98 Å². The zero-order chi connectivity index (χ0) is 13.4. The maximum absolute atomic E-state index is 4.53.